The molecule has 0 radical (unpaired) electrons. The summed E-state index contributed by atoms with van der Waals surface area (Å²) in [7, 11) is 0. The second-order valence-electron chi connectivity index (χ2n) is 3.70. The van der Waals surface area contributed by atoms with Crippen molar-refractivity contribution in [2.45, 2.75) is 51.6 Å². The predicted octanol–water partition coefficient (Wildman–Crippen LogP) is 1.60. The highest BCUT2D eigenvalue weighted by atomic mass is 15.2. The lowest BCUT2D eigenvalue weighted by Gasteiger charge is -2.29. The summed E-state index contributed by atoms with van der Waals surface area (Å²) in [5.41, 5.74) is 5.59. The van der Waals surface area contributed by atoms with E-state index in [-0.39, 0.29) is 0 Å². The van der Waals surface area contributed by atoms with Gasteiger partial charge in [0.05, 0.1) is 0 Å². The van der Waals surface area contributed by atoms with E-state index in [1.54, 1.807) is 0 Å². The van der Waals surface area contributed by atoms with Crippen LogP contribution in [0.15, 0.2) is 0 Å². The molecule has 0 aromatic carbocycles. The summed E-state index contributed by atoms with van der Waals surface area (Å²) in [5, 5.41) is 0. The van der Waals surface area contributed by atoms with Gasteiger partial charge in [0, 0.05) is 12.1 Å². The maximum absolute atomic E-state index is 5.59. The molecule has 0 aromatic heterocycles. The standard InChI is InChI=1S/C10H22N2/c1-3-9(7-8-11)12(4-2)10-5-6-10/h9-10H,3-8,11H2,1-2H3. The lowest BCUT2D eigenvalue weighted by atomic mass is 10.1. The Kier molecular flexibility index (Phi) is 4.02. The lowest BCUT2D eigenvalue weighted by molar-refractivity contribution is 0.183. The predicted molar refractivity (Wildman–Crippen MR) is 53.2 cm³/mol. The fraction of sp³-hybridized carbons (Fsp3) is 1.00. The quantitative estimate of drug-likeness (QED) is 0.656. The molecule has 1 unspecified atom stereocenters. The molecule has 2 N–H and O–H groups in total. The molecule has 2 heteroatoms. The first kappa shape index (κ1) is 10.0. The van der Waals surface area contributed by atoms with E-state index in [9.17, 15) is 0 Å². The molecule has 2 nitrogen and oxygen atoms in total. The van der Waals surface area contributed by atoms with Crippen molar-refractivity contribution in [3.63, 3.8) is 0 Å². The molecule has 1 aliphatic carbocycles. The fourth-order valence-corrected chi connectivity index (χ4v) is 2.02. The van der Waals surface area contributed by atoms with Crippen molar-refractivity contribution >= 4 is 0 Å². The first-order chi connectivity index (χ1) is 5.83. The van der Waals surface area contributed by atoms with Gasteiger partial charge in [0.15, 0.2) is 0 Å². The Bertz CT molecular complexity index is 121. The molecule has 0 aromatic rings. The van der Waals surface area contributed by atoms with Crippen LogP contribution in [-0.4, -0.2) is 30.1 Å². The van der Waals surface area contributed by atoms with Gasteiger partial charge in [-0.25, -0.2) is 0 Å². The van der Waals surface area contributed by atoms with Crippen molar-refractivity contribution in [2.75, 3.05) is 13.1 Å². The van der Waals surface area contributed by atoms with Crippen molar-refractivity contribution in [3.05, 3.63) is 0 Å². The molecule has 1 atom stereocenters. The Morgan fingerprint density at radius 3 is 2.42 bits per heavy atom. The zero-order valence-electron chi connectivity index (χ0n) is 8.42. The Labute approximate surface area is 76.1 Å². The van der Waals surface area contributed by atoms with E-state index >= 15 is 0 Å². The summed E-state index contributed by atoms with van der Waals surface area (Å²) in [6, 6.07) is 1.64. The minimum atomic E-state index is 0.743. The monoisotopic (exact) mass is 170 g/mol. The first-order valence-corrected chi connectivity index (χ1v) is 5.29. The molecular formula is C10H22N2. The largest absolute Gasteiger partial charge is 0.330 e. The van der Waals surface area contributed by atoms with Crippen molar-refractivity contribution in [2.24, 2.45) is 5.73 Å². The minimum absolute atomic E-state index is 0.743. The van der Waals surface area contributed by atoms with E-state index in [4.69, 9.17) is 5.73 Å². The smallest absolute Gasteiger partial charge is 0.0107 e. The van der Waals surface area contributed by atoms with Gasteiger partial charge in [-0.2, -0.15) is 0 Å². The molecule has 0 amide bonds. The summed E-state index contributed by atoms with van der Waals surface area (Å²) in [6.07, 6.45) is 5.24. The van der Waals surface area contributed by atoms with E-state index in [1.165, 1.54) is 32.2 Å². The van der Waals surface area contributed by atoms with Crippen molar-refractivity contribution in [3.8, 4) is 0 Å². The molecule has 1 saturated carbocycles. The average molecular weight is 170 g/mol. The van der Waals surface area contributed by atoms with Crippen LogP contribution in [-0.2, 0) is 0 Å². The van der Waals surface area contributed by atoms with Crippen LogP contribution in [0.5, 0.6) is 0 Å². The zero-order valence-corrected chi connectivity index (χ0v) is 8.42. The summed E-state index contributed by atoms with van der Waals surface area (Å²) < 4.78 is 0. The highest BCUT2D eigenvalue weighted by Gasteiger charge is 2.31. The minimum Gasteiger partial charge on any atom is -0.330 e. The topological polar surface area (TPSA) is 29.3 Å². The van der Waals surface area contributed by atoms with Crippen LogP contribution in [0, 0.1) is 0 Å². The molecule has 1 aliphatic rings. The molecule has 0 heterocycles. The van der Waals surface area contributed by atoms with Crippen LogP contribution in [0.4, 0.5) is 0 Å². The van der Waals surface area contributed by atoms with Gasteiger partial charge in [0.1, 0.15) is 0 Å². The molecule has 0 bridgehead atoms. The van der Waals surface area contributed by atoms with Gasteiger partial charge in [0.2, 0.25) is 0 Å². The summed E-state index contributed by atoms with van der Waals surface area (Å²) in [6.45, 7) is 6.56. The Morgan fingerprint density at radius 1 is 1.42 bits per heavy atom. The highest BCUT2D eigenvalue weighted by molar-refractivity contribution is 4.87. The number of nitrogens with zero attached hydrogens (tertiary/aromatic N) is 1. The summed E-state index contributed by atoms with van der Waals surface area (Å²) in [4.78, 5) is 2.63. The van der Waals surface area contributed by atoms with Crippen molar-refractivity contribution in [1.29, 1.82) is 0 Å². The average Bonchev–Trinajstić information content (AvgIpc) is 2.88. The van der Waals surface area contributed by atoms with E-state index < -0.39 is 0 Å². The second-order valence-corrected chi connectivity index (χ2v) is 3.70. The van der Waals surface area contributed by atoms with Crippen LogP contribution >= 0.6 is 0 Å². The summed E-state index contributed by atoms with van der Waals surface area (Å²) >= 11 is 0. The zero-order chi connectivity index (χ0) is 8.97. The fourth-order valence-electron chi connectivity index (χ4n) is 2.02. The van der Waals surface area contributed by atoms with Gasteiger partial charge in [-0.1, -0.05) is 13.8 Å². The Balaban J connectivity index is 2.36. The molecule has 12 heavy (non-hydrogen) atoms. The van der Waals surface area contributed by atoms with Gasteiger partial charge in [-0.3, -0.25) is 4.90 Å². The van der Waals surface area contributed by atoms with Crippen LogP contribution in [0.25, 0.3) is 0 Å². The third-order valence-electron chi connectivity index (χ3n) is 2.82. The number of hydrogen-bond donors (Lipinski definition) is 1. The molecule has 0 spiro atoms. The molecular weight excluding hydrogens is 148 g/mol. The van der Waals surface area contributed by atoms with Crippen molar-refractivity contribution in [1.82, 2.24) is 4.90 Å². The van der Waals surface area contributed by atoms with Crippen molar-refractivity contribution < 1.29 is 0 Å². The van der Waals surface area contributed by atoms with Gasteiger partial charge in [-0.15, -0.1) is 0 Å². The third kappa shape index (κ3) is 2.46. The maximum Gasteiger partial charge on any atom is 0.0107 e. The molecule has 0 aliphatic heterocycles. The summed E-state index contributed by atoms with van der Waals surface area (Å²) in [5.74, 6) is 0. The van der Waals surface area contributed by atoms with Gasteiger partial charge >= 0.3 is 0 Å². The molecule has 1 rings (SSSR count). The highest BCUT2D eigenvalue weighted by Crippen LogP contribution is 2.29. The van der Waals surface area contributed by atoms with Gasteiger partial charge in [0.25, 0.3) is 0 Å². The van der Waals surface area contributed by atoms with Crippen LogP contribution in [0.2, 0.25) is 0 Å². The molecule has 72 valence electrons. The van der Waals surface area contributed by atoms with Crippen LogP contribution < -0.4 is 5.73 Å². The SMILES string of the molecule is CCC(CCN)N(CC)C1CC1. The van der Waals surface area contributed by atoms with Crippen LogP contribution in [0.3, 0.4) is 0 Å². The normalized spacial score (nSPS) is 20.0. The van der Waals surface area contributed by atoms with E-state index in [0.29, 0.717) is 0 Å². The molecule has 1 fully saturated rings. The van der Waals surface area contributed by atoms with Gasteiger partial charge < -0.3 is 5.73 Å². The lowest BCUT2D eigenvalue weighted by Crippen LogP contribution is -2.37. The Hall–Kier alpha value is -0.0800. The molecule has 0 saturated heterocycles. The Morgan fingerprint density at radius 2 is 2.08 bits per heavy atom. The van der Waals surface area contributed by atoms with Crippen LogP contribution in [0.1, 0.15) is 39.5 Å². The second kappa shape index (κ2) is 4.83. The van der Waals surface area contributed by atoms with Gasteiger partial charge in [-0.05, 0) is 38.8 Å². The van der Waals surface area contributed by atoms with E-state index in [1.807, 2.05) is 0 Å². The number of rotatable bonds is 6. The van der Waals surface area contributed by atoms with E-state index in [2.05, 4.69) is 18.7 Å². The third-order valence-corrected chi connectivity index (χ3v) is 2.82. The number of hydrogen-bond acceptors (Lipinski definition) is 2. The number of nitrogens with two attached hydrogens (primary N) is 1. The first-order valence-electron chi connectivity index (χ1n) is 5.29. The van der Waals surface area contributed by atoms with E-state index in [0.717, 1.165) is 18.6 Å². The maximum atomic E-state index is 5.59.